The molecule has 4 nitrogen and oxygen atoms in total. The Hall–Kier alpha value is -3.42. The van der Waals surface area contributed by atoms with Crippen molar-refractivity contribution in [2.45, 2.75) is 51.9 Å². The number of nitrogens with zero attached hydrogens (tertiary/aromatic N) is 3. The van der Waals surface area contributed by atoms with E-state index < -0.39 is 11.7 Å². The molecule has 8 heteroatoms. The number of hydrogen-bond donors (Lipinski definition) is 1. The van der Waals surface area contributed by atoms with Gasteiger partial charge in [0, 0.05) is 23.7 Å². The lowest BCUT2D eigenvalue weighted by atomic mass is 10.0. The van der Waals surface area contributed by atoms with Gasteiger partial charge in [-0.3, -0.25) is 4.68 Å². The number of allylic oxidation sites excluding steroid dienone is 6. The Labute approximate surface area is 195 Å². The van der Waals surface area contributed by atoms with Crippen LogP contribution in [0.4, 0.5) is 23.4 Å². The minimum atomic E-state index is -4.44. The molecule has 178 valence electrons. The Balaban J connectivity index is 1.71. The van der Waals surface area contributed by atoms with E-state index in [0.717, 1.165) is 30.0 Å². The number of pyridine rings is 1. The zero-order valence-corrected chi connectivity index (χ0v) is 19.0. The Morgan fingerprint density at radius 2 is 2.06 bits per heavy atom. The van der Waals surface area contributed by atoms with E-state index >= 15 is 0 Å². The van der Waals surface area contributed by atoms with E-state index in [1.165, 1.54) is 18.2 Å². The fourth-order valence-corrected chi connectivity index (χ4v) is 4.22. The molecule has 0 amide bonds. The smallest absolute Gasteiger partial charge is 0.361 e. The van der Waals surface area contributed by atoms with Crippen molar-refractivity contribution in [1.82, 2.24) is 14.8 Å². The van der Waals surface area contributed by atoms with Crippen LogP contribution in [0.1, 0.15) is 50.5 Å². The van der Waals surface area contributed by atoms with Crippen LogP contribution in [0, 0.1) is 5.82 Å². The summed E-state index contributed by atoms with van der Waals surface area (Å²) in [7, 11) is 0. The van der Waals surface area contributed by atoms with Crippen molar-refractivity contribution in [2.75, 3.05) is 5.32 Å². The summed E-state index contributed by atoms with van der Waals surface area (Å²) < 4.78 is 56.2. The van der Waals surface area contributed by atoms with Crippen molar-refractivity contribution in [2.24, 2.45) is 0 Å². The van der Waals surface area contributed by atoms with Crippen molar-refractivity contribution in [3.05, 3.63) is 83.6 Å². The minimum absolute atomic E-state index is 0.156. The molecule has 1 aliphatic heterocycles. The van der Waals surface area contributed by atoms with Crippen LogP contribution in [0.5, 0.6) is 0 Å². The summed E-state index contributed by atoms with van der Waals surface area (Å²) in [5, 5.41) is 9.56. The summed E-state index contributed by atoms with van der Waals surface area (Å²) >= 11 is 0. The van der Waals surface area contributed by atoms with Gasteiger partial charge in [-0.15, -0.1) is 0 Å². The summed E-state index contributed by atoms with van der Waals surface area (Å²) in [6, 6.07) is 8.05. The molecule has 1 aliphatic rings. The molecule has 0 bridgehead atoms. The monoisotopic (exact) mass is 470 g/mol. The average molecular weight is 471 g/mol. The van der Waals surface area contributed by atoms with Crippen LogP contribution in [0.25, 0.3) is 16.3 Å². The number of aromatic nitrogens is 3. The Morgan fingerprint density at radius 1 is 1.24 bits per heavy atom. The van der Waals surface area contributed by atoms with Gasteiger partial charge in [-0.25, -0.2) is 9.37 Å². The normalized spacial score (nSPS) is 17.4. The number of anilines is 1. The highest BCUT2D eigenvalue weighted by Gasteiger charge is 2.32. The van der Waals surface area contributed by atoms with Gasteiger partial charge in [0.15, 0.2) is 0 Å². The second kappa shape index (κ2) is 9.83. The Bertz CT molecular complexity index is 1270. The number of rotatable bonds is 6. The first-order chi connectivity index (χ1) is 16.3. The summed E-state index contributed by atoms with van der Waals surface area (Å²) in [4.78, 5) is 4.41. The standard InChI is InChI=1S/C26H26F4N4/c1-3-6-18(14-19(7-4-2)26(28,29)30)23-16-24-22(8-5-13-34(24)33-23)32-25-21-15-20(27)10-9-17(21)11-12-31-25/h3,6-7,9-12,14-16,22H,4-5,8,13H2,1-2H3,(H,31,32)/b6-3-,18-14+,19-7-. The lowest BCUT2D eigenvalue weighted by Gasteiger charge is -2.25. The van der Waals surface area contributed by atoms with Crippen LogP contribution in [0.2, 0.25) is 0 Å². The number of nitrogens with one attached hydrogen (secondary N) is 1. The van der Waals surface area contributed by atoms with E-state index in [1.807, 2.05) is 16.8 Å². The first-order valence-electron chi connectivity index (χ1n) is 11.3. The van der Waals surface area contributed by atoms with E-state index in [4.69, 9.17) is 0 Å². The van der Waals surface area contributed by atoms with Crippen LogP contribution in [0.3, 0.4) is 0 Å². The first kappa shape index (κ1) is 23.7. The molecule has 2 aromatic heterocycles. The number of fused-ring (bicyclic) bond motifs is 2. The van der Waals surface area contributed by atoms with Crippen LogP contribution >= 0.6 is 0 Å². The minimum Gasteiger partial charge on any atom is -0.361 e. The highest BCUT2D eigenvalue weighted by molar-refractivity contribution is 5.91. The van der Waals surface area contributed by atoms with Gasteiger partial charge < -0.3 is 5.32 Å². The van der Waals surface area contributed by atoms with Gasteiger partial charge in [-0.1, -0.05) is 31.2 Å². The van der Waals surface area contributed by atoms with Crippen LogP contribution in [-0.4, -0.2) is 20.9 Å². The first-order valence-corrected chi connectivity index (χ1v) is 11.3. The highest BCUT2D eigenvalue weighted by Crippen LogP contribution is 2.34. The van der Waals surface area contributed by atoms with E-state index in [-0.39, 0.29) is 18.3 Å². The molecular formula is C26H26F4N4. The number of halogens is 4. The molecule has 1 N–H and O–H groups in total. The van der Waals surface area contributed by atoms with E-state index in [2.05, 4.69) is 15.4 Å². The molecule has 3 aromatic rings. The topological polar surface area (TPSA) is 42.7 Å². The summed E-state index contributed by atoms with van der Waals surface area (Å²) in [5.74, 6) is 0.217. The molecule has 3 heterocycles. The van der Waals surface area contributed by atoms with Crippen LogP contribution < -0.4 is 5.32 Å². The zero-order chi connectivity index (χ0) is 24.3. The zero-order valence-electron chi connectivity index (χ0n) is 19.0. The van der Waals surface area contributed by atoms with Gasteiger partial charge in [0.2, 0.25) is 0 Å². The third-order valence-corrected chi connectivity index (χ3v) is 5.77. The molecule has 1 atom stereocenters. The molecule has 4 rings (SSSR count). The molecule has 0 spiro atoms. The quantitative estimate of drug-likeness (QED) is 0.302. The van der Waals surface area contributed by atoms with Gasteiger partial charge >= 0.3 is 6.18 Å². The molecule has 0 saturated heterocycles. The maximum absolute atomic E-state index is 13.9. The van der Waals surface area contributed by atoms with Crippen molar-refractivity contribution in [3.63, 3.8) is 0 Å². The molecule has 0 saturated carbocycles. The van der Waals surface area contributed by atoms with Crippen molar-refractivity contribution >= 4 is 22.2 Å². The van der Waals surface area contributed by atoms with Crippen molar-refractivity contribution in [3.8, 4) is 0 Å². The second-order valence-electron chi connectivity index (χ2n) is 8.21. The third-order valence-electron chi connectivity index (χ3n) is 5.77. The SMILES string of the molecule is C\C=C/C(=C\C(=C\CC)C(F)(F)F)c1cc2n(n1)CCCC2Nc1nccc2ccc(F)cc12. The molecule has 0 fully saturated rings. The van der Waals surface area contributed by atoms with Gasteiger partial charge in [-0.05, 0) is 61.9 Å². The van der Waals surface area contributed by atoms with Crippen LogP contribution in [0.15, 0.2) is 66.4 Å². The van der Waals surface area contributed by atoms with Crippen molar-refractivity contribution in [1.29, 1.82) is 0 Å². The molecule has 0 radical (unpaired) electrons. The van der Waals surface area contributed by atoms with Gasteiger partial charge in [0.25, 0.3) is 0 Å². The third kappa shape index (κ3) is 5.05. The lowest BCUT2D eigenvalue weighted by Crippen LogP contribution is -2.22. The second-order valence-corrected chi connectivity index (χ2v) is 8.21. The van der Waals surface area contributed by atoms with E-state index in [0.29, 0.717) is 29.0 Å². The molecule has 1 unspecified atom stereocenters. The maximum Gasteiger partial charge on any atom is 0.416 e. The summed E-state index contributed by atoms with van der Waals surface area (Å²) in [6.45, 7) is 4.11. The fraction of sp³-hybridized carbons (Fsp3) is 0.308. The molecular weight excluding hydrogens is 444 g/mol. The average Bonchev–Trinajstić information content (AvgIpc) is 3.23. The van der Waals surface area contributed by atoms with Crippen molar-refractivity contribution < 1.29 is 17.6 Å². The van der Waals surface area contributed by atoms with Gasteiger partial charge in [0.05, 0.1) is 23.0 Å². The lowest BCUT2D eigenvalue weighted by molar-refractivity contribution is -0.0883. The molecule has 0 aliphatic carbocycles. The summed E-state index contributed by atoms with van der Waals surface area (Å²) in [6.07, 6.45) is 4.81. The predicted molar refractivity (Wildman–Crippen MR) is 127 cm³/mol. The Kier molecular flexibility index (Phi) is 6.86. The van der Waals surface area contributed by atoms with E-state index in [1.54, 1.807) is 38.3 Å². The van der Waals surface area contributed by atoms with Crippen LogP contribution in [-0.2, 0) is 6.54 Å². The molecule has 1 aromatic carbocycles. The van der Waals surface area contributed by atoms with Gasteiger partial charge in [0.1, 0.15) is 11.6 Å². The number of alkyl halides is 3. The number of hydrogen-bond acceptors (Lipinski definition) is 3. The number of aryl methyl sites for hydroxylation is 1. The summed E-state index contributed by atoms with van der Waals surface area (Å²) in [5.41, 5.74) is 1.04. The van der Waals surface area contributed by atoms with E-state index in [9.17, 15) is 17.6 Å². The largest absolute Gasteiger partial charge is 0.416 e. The highest BCUT2D eigenvalue weighted by atomic mass is 19.4. The fourth-order valence-electron chi connectivity index (χ4n) is 4.22. The Morgan fingerprint density at radius 3 is 2.79 bits per heavy atom. The van der Waals surface area contributed by atoms with Gasteiger partial charge in [-0.2, -0.15) is 18.3 Å². The predicted octanol–water partition coefficient (Wildman–Crippen LogP) is 7.38. The number of benzene rings is 1. The maximum atomic E-state index is 13.9. The molecule has 34 heavy (non-hydrogen) atoms.